The summed E-state index contributed by atoms with van der Waals surface area (Å²) in [5.41, 5.74) is 1.73. The second-order valence-corrected chi connectivity index (χ2v) is 4.71. The molecule has 1 aliphatic carbocycles. The normalized spacial score (nSPS) is 14.4. The van der Waals surface area contributed by atoms with Crippen molar-refractivity contribution in [3.63, 3.8) is 0 Å². The Morgan fingerprint density at radius 2 is 1.60 bits per heavy atom. The molecule has 100 valence electrons. The van der Waals surface area contributed by atoms with Crippen LogP contribution in [-0.4, -0.2) is 18.2 Å². The molecule has 0 radical (unpaired) electrons. The quantitative estimate of drug-likeness (QED) is 0.801. The van der Waals surface area contributed by atoms with Gasteiger partial charge in [0.15, 0.2) is 11.6 Å². The maximum absolute atomic E-state index is 12.4. The molecule has 0 aliphatic heterocycles. The summed E-state index contributed by atoms with van der Waals surface area (Å²) in [5, 5.41) is 0. The van der Waals surface area contributed by atoms with Gasteiger partial charge in [-0.3, -0.25) is 9.59 Å². The molecule has 0 N–H and O–H groups in total. The van der Waals surface area contributed by atoms with Gasteiger partial charge in [0.1, 0.15) is 11.7 Å². The van der Waals surface area contributed by atoms with Crippen molar-refractivity contribution in [2.75, 3.05) is 6.61 Å². The number of ketones is 2. The van der Waals surface area contributed by atoms with Gasteiger partial charge in [-0.05, 0) is 24.6 Å². The molecule has 0 aromatic heterocycles. The number of fused-ring (bicyclic) bond motifs is 1. The third-order valence-electron chi connectivity index (χ3n) is 3.48. The van der Waals surface area contributed by atoms with Gasteiger partial charge >= 0.3 is 0 Å². The van der Waals surface area contributed by atoms with Gasteiger partial charge in [-0.15, -0.1) is 0 Å². The lowest BCUT2D eigenvalue weighted by Gasteiger charge is -2.09. The van der Waals surface area contributed by atoms with Gasteiger partial charge in [-0.25, -0.2) is 0 Å². The molecule has 0 heterocycles. The minimum Gasteiger partial charge on any atom is -0.494 e. The summed E-state index contributed by atoms with van der Waals surface area (Å²) in [5.74, 6) is -0.298. The van der Waals surface area contributed by atoms with Crippen LogP contribution in [0.15, 0.2) is 48.5 Å². The van der Waals surface area contributed by atoms with E-state index < -0.39 is 5.92 Å². The van der Waals surface area contributed by atoms with Crippen LogP contribution >= 0.6 is 0 Å². The highest BCUT2D eigenvalue weighted by atomic mass is 16.5. The van der Waals surface area contributed by atoms with Crippen LogP contribution in [0.5, 0.6) is 5.75 Å². The summed E-state index contributed by atoms with van der Waals surface area (Å²) < 4.78 is 5.43. The van der Waals surface area contributed by atoms with Gasteiger partial charge in [0, 0.05) is 11.1 Å². The third-order valence-corrected chi connectivity index (χ3v) is 3.48. The van der Waals surface area contributed by atoms with Crippen LogP contribution in [0.2, 0.25) is 0 Å². The molecule has 0 unspecified atom stereocenters. The minimum absolute atomic E-state index is 0.126. The standard InChI is InChI=1S/C17H14O3/c1-2-20-12-7-5-6-11(10-12)15-16(18)13-8-3-4-9-14(13)17(15)19/h3-10,15H,2H2,1H3. The van der Waals surface area contributed by atoms with Crippen molar-refractivity contribution in [2.24, 2.45) is 0 Å². The molecule has 0 amide bonds. The van der Waals surface area contributed by atoms with E-state index in [1.54, 1.807) is 36.4 Å². The number of hydrogen-bond donors (Lipinski definition) is 0. The average molecular weight is 266 g/mol. The van der Waals surface area contributed by atoms with E-state index in [0.29, 0.717) is 29.0 Å². The lowest BCUT2D eigenvalue weighted by atomic mass is 9.94. The summed E-state index contributed by atoms with van der Waals surface area (Å²) in [6, 6.07) is 14.2. The SMILES string of the molecule is CCOc1cccc(C2C(=O)c3ccccc3C2=O)c1. The van der Waals surface area contributed by atoms with Gasteiger partial charge in [0.05, 0.1) is 6.61 Å². The zero-order valence-corrected chi connectivity index (χ0v) is 11.1. The summed E-state index contributed by atoms with van der Waals surface area (Å²) in [6.45, 7) is 2.45. The second-order valence-electron chi connectivity index (χ2n) is 4.71. The number of hydrogen-bond acceptors (Lipinski definition) is 3. The Morgan fingerprint density at radius 3 is 2.20 bits per heavy atom. The van der Waals surface area contributed by atoms with Crippen LogP contribution in [0.3, 0.4) is 0 Å². The minimum atomic E-state index is -0.729. The first-order valence-electron chi connectivity index (χ1n) is 6.62. The highest BCUT2D eigenvalue weighted by Crippen LogP contribution is 2.34. The van der Waals surface area contributed by atoms with Gasteiger partial charge < -0.3 is 4.74 Å². The molecule has 0 fully saturated rings. The number of benzene rings is 2. The first-order chi connectivity index (χ1) is 9.72. The van der Waals surface area contributed by atoms with Gasteiger partial charge in [0.25, 0.3) is 0 Å². The van der Waals surface area contributed by atoms with E-state index in [1.807, 2.05) is 19.1 Å². The van der Waals surface area contributed by atoms with Crippen molar-refractivity contribution in [3.05, 3.63) is 65.2 Å². The first-order valence-corrected chi connectivity index (χ1v) is 6.62. The smallest absolute Gasteiger partial charge is 0.178 e. The average Bonchev–Trinajstić information content (AvgIpc) is 2.72. The van der Waals surface area contributed by atoms with Crippen LogP contribution < -0.4 is 4.74 Å². The topological polar surface area (TPSA) is 43.4 Å². The first kappa shape index (κ1) is 12.6. The van der Waals surface area contributed by atoms with Crippen molar-refractivity contribution in [2.45, 2.75) is 12.8 Å². The predicted octanol–water partition coefficient (Wildman–Crippen LogP) is 3.25. The monoisotopic (exact) mass is 266 g/mol. The van der Waals surface area contributed by atoms with Crippen LogP contribution in [0, 0.1) is 0 Å². The highest BCUT2D eigenvalue weighted by molar-refractivity contribution is 6.29. The molecule has 3 nitrogen and oxygen atoms in total. The molecule has 0 atom stereocenters. The molecular weight excluding hydrogens is 252 g/mol. The van der Waals surface area contributed by atoms with E-state index in [1.165, 1.54) is 0 Å². The summed E-state index contributed by atoms with van der Waals surface area (Å²) >= 11 is 0. The Kier molecular flexibility index (Phi) is 3.11. The molecule has 0 spiro atoms. The largest absolute Gasteiger partial charge is 0.494 e. The number of rotatable bonds is 3. The fourth-order valence-corrected chi connectivity index (χ4v) is 2.60. The Morgan fingerprint density at radius 1 is 0.950 bits per heavy atom. The van der Waals surface area contributed by atoms with Gasteiger partial charge in [0.2, 0.25) is 0 Å². The molecule has 1 aliphatic rings. The van der Waals surface area contributed by atoms with E-state index in [-0.39, 0.29) is 11.6 Å². The lowest BCUT2D eigenvalue weighted by molar-refractivity contribution is 0.0890. The molecule has 0 saturated carbocycles. The maximum Gasteiger partial charge on any atom is 0.178 e. The fourth-order valence-electron chi connectivity index (χ4n) is 2.60. The molecule has 3 rings (SSSR count). The van der Waals surface area contributed by atoms with E-state index >= 15 is 0 Å². The van der Waals surface area contributed by atoms with E-state index in [0.717, 1.165) is 0 Å². The molecule has 20 heavy (non-hydrogen) atoms. The van der Waals surface area contributed by atoms with Crippen molar-refractivity contribution in [1.29, 1.82) is 0 Å². The fraction of sp³-hybridized carbons (Fsp3) is 0.176. The highest BCUT2D eigenvalue weighted by Gasteiger charge is 2.39. The van der Waals surface area contributed by atoms with E-state index in [2.05, 4.69) is 0 Å². The van der Waals surface area contributed by atoms with E-state index in [9.17, 15) is 9.59 Å². The Bertz CT molecular complexity index is 653. The number of ether oxygens (including phenoxy) is 1. The lowest BCUT2D eigenvalue weighted by Crippen LogP contribution is -2.12. The van der Waals surface area contributed by atoms with Gasteiger partial charge in [-0.1, -0.05) is 36.4 Å². The summed E-state index contributed by atoms with van der Waals surface area (Å²) in [4.78, 5) is 24.8. The summed E-state index contributed by atoms with van der Waals surface area (Å²) in [7, 11) is 0. The zero-order chi connectivity index (χ0) is 14.1. The predicted molar refractivity (Wildman–Crippen MR) is 75.5 cm³/mol. The third kappa shape index (κ3) is 1.92. The Labute approximate surface area is 117 Å². The van der Waals surface area contributed by atoms with Crippen LogP contribution in [-0.2, 0) is 0 Å². The maximum atomic E-state index is 12.4. The Hall–Kier alpha value is -2.42. The van der Waals surface area contributed by atoms with Crippen molar-refractivity contribution in [1.82, 2.24) is 0 Å². The van der Waals surface area contributed by atoms with Crippen molar-refractivity contribution < 1.29 is 14.3 Å². The van der Waals surface area contributed by atoms with Crippen molar-refractivity contribution in [3.8, 4) is 5.75 Å². The second kappa shape index (κ2) is 4.93. The Balaban J connectivity index is 2.02. The molecule has 0 bridgehead atoms. The molecule has 3 heteroatoms. The van der Waals surface area contributed by atoms with Crippen LogP contribution in [0.4, 0.5) is 0 Å². The number of carbonyl (C=O) groups is 2. The molecule has 2 aromatic rings. The molecule has 2 aromatic carbocycles. The van der Waals surface area contributed by atoms with Crippen LogP contribution in [0.25, 0.3) is 0 Å². The van der Waals surface area contributed by atoms with Crippen LogP contribution in [0.1, 0.15) is 39.1 Å². The zero-order valence-electron chi connectivity index (χ0n) is 11.1. The van der Waals surface area contributed by atoms with E-state index in [4.69, 9.17) is 4.74 Å². The molecular formula is C17H14O3. The van der Waals surface area contributed by atoms with Crippen molar-refractivity contribution >= 4 is 11.6 Å². The molecule has 0 saturated heterocycles. The number of carbonyl (C=O) groups excluding carboxylic acids is 2. The number of Topliss-reactive ketones (excluding diaryl/α,β-unsaturated/α-hetero) is 2. The van der Waals surface area contributed by atoms with Gasteiger partial charge in [-0.2, -0.15) is 0 Å². The summed E-state index contributed by atoms with van der Waals surface area (Å²) in [6.07, 6.45) is 0.